The summed E-state index contributed by atoms with van der Waals surface area (Å²) in [5.74, 6) is -0.428. The second-order valence-corrected chi connectivity index (χ2v) is 5.68. The van der Waals surface area contributed by atoms with Gasteiger partial charge in [-0.2, -0.15) is 0 Å². The van der Waals surface area contributed by atoms with Crippen LogP contribution in [0.1, 0.15) is 10.7 Å². The summed E-state index contributed by atoms with van der Waals surface area (Å²) in [5.41, 5.74) is 2.11. The molecular weight excluding hydrogens is 286 g/mol. The second kappa shape index (κ2) is 5.49. The fourth-order valence-electron chi connectivity index (χ4n) is 2.13. The third-order valence-electron chi connectivity index (χ3n) is 3.07. The van der Waals surface area contributed by atoms with E-state index < -0.39 is 0 Å². The SMILES string of the molecule is Cc1nc(/C=C/C(=O)N2CC(=O)Nc3ccccc32)cs1. The second-order valence-electron chi connectivity index (χ2n) is 4.61. The number of amides is 2. The summed E-state index contributed by atoms with van der Waals surface area (Å²) in [4.78, 5) is 29.7. The van der Waals surface area contributed by atoms with Crippen molar-refractivity contribution in [3.05, 3.63) is 46.4 Å². The molecule has 0 aliphatic carbocycles. The number of anilines is 2. The monoisotopic (exact) mass is 299 g/mol. The Morgan fingerprint density at radius 1 is 1.43 bits per heavy atom. The van der Waals surface area contributed by atoms with Crippen molar-refractivity contribution in [1.82, 2.24) is 4.98 Å². The fraction of sp³-hybridized carbons (Fsp3) is 0.133. The molecule has 21 heavy (non-hydrogen) atoms. The molecule has 0 unspecified atom stereocenters. The van der Waals surface area contributed by atoms with Gasteiger partial charge in [0.1, 0.15) is 6.54 Å². The van der Waals surface area contributed by atoms with Gasteiger partial charge in [0, 0.05) is 11.5 Å². The zero-order valence-electron chi connectivity index (χ0n) is 11.4. The lowest BCUT2D eigenvalue weighted by molar-refractivity contribution is -0.119. The first kappa shape index (κ1) is 13.5. The summed E-state index contributed by atoms with van der Waals surface area (Å²) in [5, 5.41) is 5.59. The number of fused-ring (bicyclic) bond motifs is 1. The van der Waals surface area contributed by atoms with Crippen molar-refractivity contribution < 1.29 is 9.59 Å². The molecule has 0 saturated heterocycles. The van der Waals surface area contributed by atoms with E-state index in [0.29, 0.717) is 11.4 Å². The van der Waals surface area contributed by atoms with Gasteiger partial charge >= 0.3 is 0 Å². The molecule has 2 aromatic rings. The van der Waals surface area contributed by atoms with Crippen LogP contribution in [0.5, 0.6) is 0 Å². The number of carbonyl (C=O) groups excluding carboxylic acids is 2. The van der Waals surface area contributed by atoms with E-state index in [1.165, 1.54) is 22.3 Å². The molecule has 5 nitrogen and oxygen atoms in total. The van der Waals surface area contributed by atoms with E-state index in [0.717, 1.165) is 10.7 Å². The van der Waals surface area contributed by atoms with Gasteiger partial charge in [-0.05, 0) is 25.1 Å². The van der Waals surface area contributed by atoms with Crippen LogP contribution in [0.15, 0.2) is 35.7 Å². The summed E-state index contributed by atoms with van der Waals surface area (Å²) < 4.78 is 0. The van der Waals surface area contributed by atoms with Gasteiger partial charge in [-0.15, -0.1) is 11.3 Å². The van der Waals surface area contributed by atoms with E-state index in [1.807, 2.05) is 30.5 Å². The average Bonchev–Trinajstić information content (AvgIpc) is 2.89. The number of aromatic nitrogens is 1. The van der Waals surface area contributed by atoms with Crippen molar-refractivity contribution in [1.29, 1.82) is 0 Å². The zero-order chi connectivity index (χ0) is 14.8. The maximum atomic E-state index is 12.3. The van der Waals surface area contributed by atoms with E-state index in [2.05, 4.69) is 10.3 Å². The Balaban J connectivity index is 1.85. The van der Waals surface area contributed by atoms with Crippen LogP contribution in [0.25, 0.3) is 6.08 Å². The number of hydrogen-bond acceptors (Lipinski definition) is 4. The number of nitrogens with zero attached hydrogens (tertiary/aromatic N) is 2. The zero-order valence-corrected chi connectivity index (χ0v) is 12.2. The molecule has 106 valence electrons. The van der Waals surface area contributed by atoms with Crippen LogP contribution in [-0.2, 0) is 9.59 Å². The first-order valence-corrected chi connectivity index (χ1v) is 7.32. The van der Waals surface area contributed by atoms with E-state index >= 15 is 0 Å². The largest absolute Gasteiger partial charge is 0.323 e. The van der Waals surface area contributed by atoms with Crippen LogP contribution < -0.4 is 10.2 Å². The molecule has 1 aliphatic rings. The highest BCUT2D eigenvalue weighted by Crippen LogP contribution is 2.29. The number of aryl methyl sites for hydroxylation is 1. The van der Waals surface area contributed by atoms with Crippen LogP contribution in [0.3, 0.4) is 0 Å². The highest BCUT2D eigenvalue weighted by Gasteiger charge is 2.25. The molecule has 0 atom stereocenters. The predicted molar refractivity (Wildman–Crippen MR) is 83.3 cm³/mol. The molecule has 0 fully saturated rings. The minimum absolute atomic E-state index is 0.0241. The molecule has 0 radical (unpaired) electrons. The highest BCUT2D eigenvalue weighted by atomic mass is 32.1. The van der Waals surface area contributed by atoms with Crippen molar-refractivity contribution in [3.63, 3.8) is 0 Å². The minimum atomic E-state index is -0.233. The van der Waals surface area contributed by atoms with Gasteiger partial charge in [0.15, 0.2) is 0 Å². The number of rotatable bonds is 2. The van der Waals surface area contributed by atoms with E-state index in [-0.39, 0.29) is 18.4 Å². The lowest BCUT2D eigenvalue weighted by Crippen LogP contribution is -2.41. The van der Waals surface area contributed by atoms with Crippen LogP contribution in [0, 0.1) is 6.92 Å². The summed E-state index contributed by atoms with van der Waals surface area (Å²) in [7, 11) is 0. The molecule has 2 heterocycles. The van der Waals surface area contributed by atoms with Gasteiger partial charge in [0.25, 0.3) is 5.91 Å². The molecule has 1 aliphatic heterocycles. The number of para-hydroxylation sites is 2. The van der Waals surface area contributed by atoms with Gasteiger partial charge in [0.2, 0.25) is 5.91 Å². The van der Waals surface area contributed by atoms with Crippen molar-refractivity contribution >= 4 is 40.6 Å². The Labute approximate surface area is 125 Å². The minimum Gasteiger partial charge on any atom is -0.323 e. The number of carbonyl (C=O) groups is 2. The molecule has 0 spiro atoms. The summed E-state index contributed by atoms with van der Waals surface area (Å²) in [6.45, 7) is 1.94. The van der Waals surface area contributed by atoms with Gasteiger partial charge in [0.05, 0.1) is 22.1 Å². The van der Waals surface area contributed by atoms with Gasteiger partial charge in [-0.25, -0.2) is 4.98 Å². The smallest absolute Gasteiger partial charge is 0.251 e. The Bertz CT molecular complexity index is 736. The third-order valence-corrected chi connectivity index (χ3v) is 3.86. The van der Waals surface area contributed by atoms with Crippen molar-refractivity contribution in [3.8, 4) is 0 Å². The first-order chi connectivity index (χ1) is 10.1. The molecular formula is C15H13N3O2S. The van der Waals surface area contributed by atoms with E-state index in [1.54, 1.807) is 12.1 Å². The Hall–Kier alpha value is -2.47. The van der Waals surface area contributed by atoms with Crippen molar-refractivity contribution in [2.45, 2.75) is 6.92 Å². The number of benzene rings is 1. The Morgan fingerprint density at radius 2 is 2.24 bits per heavy atom. The van der Waals surface area contributed by atoms with E-state index in [9.17, 15) is 9.59 Å². The Kier molecular flexibility index (Phi) is 3.53. The molecule has 2 amide bonds. The maximum Gasteiger partial charge on any atom is 0.251 e. The van der Waals surface area contributed by atoms with Crippen molar-refractivity contribution in [2.75, 3.05) is 16.8 Å². The first-order valence-electron chi connectivity index (χ1n) is 6.44. The predicted octanol–water partition coefficient (Wildman–Crippen LogP) is 2.45. The topological polar surface area (TPSA) is 62.3 Å². The molecule has 1 aromatic carbocycles. The van der Waals surface area contributed by atoms with Crippen molar-refractivity contribution in [2.24, 2.45) is 0 Å². The van der Waals surface area contributed by atoms with Crippen LogP contribution >= 0.6 is 11.3 Å². The summed E-state index contributed by atoms with van der Waals surface area (Å²) in [6.07, 6.45) is 3.12. The van der Waals surface area contributed by atoms with Gasteiger partial charge in [-0.1, -0.05) is 12.1 Å². The highest BCUT2D eigenvalue weighted by molar-refractivity contribution is 7.09. The molecule has 0 bridgehead atoms. The number of nitrogens with one attached hydrogen (secondary N) is 1. The fourth-order valence-corrected chi connectivity index (χ4v) is 2.71. The van der Waals surface area contributed by atoms with Crippen LogP contribution in [-0.4, -0.2) is 23.3 Å². The molecule has 1 aromatic heterocycles. The van der Waals surface area contributed by atoms with Gasteiger partial charge < -0.3 is 5.32 Å². The quantitative estimate of drug-likeness (QED) is 0.866. The van der Waals surface area contributed by atoms with E-state index in [4.69, 9.17) is 0 Å². The third kappa shape index (κ3) is 2.85. The standard InChI is InChI=1S/C15H13N3O2S/c1-10-16-11(9-21-10)6-7-15(20)18-8-14(19)17-12-4-2-3-5-13(12)18/h2-7,9H,8H2,1H3,(H,17,19)/b7-6+. The lowest BCUT2D eigenvalue weighted by Gasteiger charge is -2.28. The molecule has 0 saturated carbocycles. The van der Waals surface area contributed by atoms with Gasteiger partial charge in [-0.3, -0.25) is 14.5 Å². The number of hydrogen-bond donors (Lipinski definition) is 1. The average molecular weight is 299 g/mol. The van der Waals surface area contributed by atoms with Crippen LogP contribution in [0.4, 0.5) is 11.4 Å². The lowest BCUT2D eigenvalue weighted by atomic mass is 10.2. The number of thiazole rings is 1. The molecule has 6 heteroatoms. The Morgan fingerprint density at radius 3 is 3.00 bits per heavy atom. The van der Waals surface area contributed by atoms with Crippen LogP contribution in [0.2, 0.25) is 0 Å². The summed E-state index contributed by atoms with van der Waals surface area (Å²) >= 11 is 1.53. The molecule has 1 N–H and O–H groups in total. The summed E-state index contributed by atoms with van der Waals surface area (Å²) in [6, 6.07) is 7.25. The normalized spacial score (nSPS) is 14.1. The maximum absolute atomic E-state index is 12.3. The molecule has 3 rings (SSSR count).